The second-order valence-electron chi connectivity index (χ2n) is 4.74. The van der Waals surface area contributed by atoms with E-state index in [0.717, 1.165) is 6.07 Å². The maximum Gasteiger partial charge on any atom is 0.183 e. The van der Waals surface area contributed by atoms with Gasteiger partial charge in [-0.2, -0.15) is 0 Å². The largest absolute Gasteiger partial charge is 0.310 e. The van der Waals surface area contributed by atoms with Gasteiger partial charge in [0.15, 0.2) is 11.6 Å². The molecule has 3 nitrogen and oxygen atoms in total. The van der Waals surface area contributed by atoms with Crippen LogP contribution < -0.4 is 5.32 Å². The summed E-state index contributed by atoms with van der Waals surface area (Å²) in [5.74, 6) is -3.17. The molecule has 2 aromatic rings. The zero-order chi connectivity index (χ0) is 14.2. The van der Waals surface area contributed by atoms with Gasteiger partial charge in [0.1, 0.15) is 5.82 Å². The van der Waals surface area contributed by atoms with Gasteiger partial charge in [0.2, 0.25) is 0 Å². The Labute approximate surface area is 109 Å². The number of nitrogens with one attached hydrogen (secondary N) is 1. The molecule has 0 saturated heterocycles. The molecule has 1 heterocycles. The molecule has 19 heavy (non-hydrogen) atoms. The maximum absolute atomic E-state index is 13.8. The van der Waals surface area contributed by atoms with Gasteiger partial charge >= 0.3 is 0 Å². The molecule has 1 aromatic carbocycles. The van der Waals surface area contributed by atoms with Crippen molar-refractivity contribution in [3.05, 3.63) is 47.8 Å². The third kappa shape index (κ3) is 2.35. The van der Waals surface area contributed by atoms with E-state index < -0.39 is 23.0 Å². The minimum atomic E-state index is -1.23. The van der Waals surface area contributed by atoms with Gasteiger partial charge in [0, 0.05) is 12.1 Å². The number of nitrogens with zero attached hydrogens (tertiary/aromatic N) is 2. The quantitative estimate of drug-likeness (QED) is 0.868. The summed E-state index contributed by atoms with van der Waals surface area (Å²) < 4.78 is 41.7. The first-order valence-electron chi connectivity index (χ1n) is 5.73. The Morgan fingerprint density at radius 2 is 1.89 bits per heavy atom. The second kappa shape index (κ2) is 4.70. The summed E-state index contributed by atoms with van der Waals surface area (Å²) in [7, 11) is 1.74. The van der Waals surface area contributed by atoms with Crippen LogP contribution in [0.15, 0.2) is 24.7 Å². The molecule has 1 N–H and O–H groups in total. The van der Waals surface area contributed by atoms with Crippen LogP contribution in [0, 0.1) is 17.5 Å². The molecule has 0 aliphatic heterocycles. The molecule has 0 fully saturated rings. The molecule has 1 aromatic heterocycles. The van der Waals surface area contributed by atoms with Gasteiger partial charge in [-0.25, -0.2) is 18.2 Å². The van der Waals surface area contributed by atoms with E-state index in [-0.39, 0.29) is 5.69 Å². The van der Waals surface area contributed by atoms with Crippen LogP contribution in [-0.2, 0) is 5.54 Å². The SMILES string of the molecule is CNC(C)(C)c1cncn1-c1cc(F)cc(F)c1F. The predicted molar refractivity (Wildman–Crippen MR) is 65.5 cm³/mol. The Kier molecular flexibility index (Phi) is 3.36. The lowest BCUT2D eigenvalue weighted by molar-refractivity contribution is 0.420. The summed E-state index contributed by atoms with van der Waals surface area (Å²) in [5, 5.41) is 3.03. The molecule has 0 aliphatic carbocycles. The number of aromatic nitrogens is 2. The summed E-state index contributed by atoms with van der Waals surface area (Å²) in [6.45, 7) is 3.71. The fourth-order valence-electron chi connectivity index (χ4n) is 1.80. The molecule has 0 atom stereocenters. The Bertz CT molecular complexity index is 605. The molecule has 0 spiro atoms. The van der Waals surface area contributed by atoms with E-state index in [1.165, 1.54) is 17.1 Å². The summed E-state index contributed by atoms with van der Waals surface area (Å²) in [5.41, 5.74) is -0.127. The average molecular weight is 269 g/mol. The molecule has 0 bridgehead atoms. The van der Waals surface area contributed by atoms with Crippen molar-refractivity contribution >= 4 is 0 Å². The van der Waals surface area contributed by atoms with E-state index in [1.807, 2.05) is 13.8 Å². The fraction of sp³-hybridized carbons (Fsp3) is 0.308. The fourth-order valence-corrected chi connectivity index (χ4v) is 1.80. The van der Waals surface area contributed by atoms with Gasteiger partial charge in [0.25, 0.3) is 0 Å². The van der Waals surface area contributed by atoms with Crippen LogP contribution in [0.5, 0.6) is 0 Å². The zero-order valence-electron chi connectivity index (χ0n) is 10.8. The van der Waals surface area contributed by atoms with Gasteiger partial charge in [-0.1, -0.05) is 0 Å². The molecule has 0 unspecified atom stereocenters. The number of imidazole rings is 1. The van der Waals surface area contributed by atoms with E-state index in [2.05, 4.69) is 10.3 Å². The van der Waals surface area contributed by atoms with Crippen molar-refractivity contribution in [3.63, 3.8) is 0 Å². The first-order chi connectivity index (χ1) is 8.86. The van der Waals surface area contributed by atoms with Crippen LogP contribution in [0.1, 0.15) is 19.5 Å². The number of benzene rings is 1. The van der Waals surface area contributed by atoms with Crippen molar-refractivity contribution in [1.82, 2.24) is 14.9 Å². The summed E-state index contributed by atoms with van der Waals surface area (Å²) in [4.78, 5) is 3.92. The van der Waals surface area contributed by atoms with Gasteiger partial charge in [0.05, 0.1) is 29.4 Å². The van der Waals surface area contributed by atoms with E-state index in [1.54, 1.807) is 7.05 Å². The first-order valence-corrected chi connectivity index (χ1v) is 5.73. The number of hydrogen-bond donors (Lipinski definition) is 1. The molecule has 0 radical (unpaired) electrons. The number of rotatable bonds is 3. The van der Waals surface area contributed by atoms with Gasteiger partial charge in [-0.3, -0.25) is 4.57 Å². The highest BCUT2D eigenvalue weighted by Gasteiger charge is 2.24. The highest BCUT2D eigenvalue weighted by atomic mass is 19.2. The van der Waals surface area contributed by atoms with Crippen molar-refractivity contribution in [3.8, 4) is 5.69 Å². The molecule has 0 saturated carbocycles. The Morgan fingerprint density at radius 1 is 1.21 bits per heavy atom. The minimum absolute atomic E-state index is 0.201. The lowest BCUT2D eigenvalue weighted by atomic mass is 10.0. The third-order valence-corrected chi connectivity index (χ3v) is 3.14. The number of hydrogen-bond acceptors (Lipinski definition) is 2. The normalized spacial score (nSPS) is 11.9. The minimum Gasteiger partial charge on any atom is -0.310 e. The highest BCUT2D eigenvalue weighted by molar-refractivity contribution is 5.38. The van der Waals surface area contributed by atoms with E-state index in [4.69, 9.17) is 0 Å². The topological polar surface area (TPSA) is 29.9 Å². The van der Waals surface area contributed by atoms with E-state index in [0.29, 0.717) is 11.8 Å². The first kappa shape index (κ1) is 13.6. The van der Waals surface area contributed by atoms with Crippen LogP contribution >= 0.6 is 0 Å². The van der Waals surface area contributed by atoms with E-state index >= 15 is 0 Å². The van der Waals surface area contributed by atoms with Crippen LogP contribution in [0.25, 0.3) is 5.69 Å². The lowest BCUT2D eigenvalue weighted by Crippen LogP contribution is -2.35. The molecular formula is C13H14F3N3. The van der Waals surface area contributed by atoms with Crippen molar-refractivity contribution in [1.29, 1.82) is 0 Å². The smallest absolute Gasteiger partial charge is 0.183 e. The standard InChI is InChI=1S/C13H14F3N3/c1-13(2,17-3)11-6-18-7-19(11)10-5-8(14)4-9(15)12(10)16/h4-7,17H,1-3H3. The third-order valence-electron chi connectivity index (χ3n) is 3.14. The molecular weight excluding hydrogens is 255 g/mol. The molecule has 0 amide bonds. The number of halogens is 3. The summed E-state index contributed by atoms with van der Waals surface area (Å²) in [6.07, 6.45) is 2.85. The molecule has 6 heteroatoms. The molecule has 102 valence electrons. The van der Waals surface area contributed by atoms with Crippen LogP contribution in [0.2, 0.25) is 0 Å². The van der Waals surface area contributed by atoms with Gasteiger partial charge in [-0.05, 0) is 20.9 Å². The summed E-state index contributed by atoms with van der Waals surface area (Å²) in [6, 6.07) is 1.45. The average Bonchev–Trinajstić information content (AvgIpc) is 2.83. The van der Waals surface area contributed by atoms with Crippen LogP contribution in [-0.4, -0.2) is 16.6 Å². The van der Waals surface area contributed by atoms with Crippen molar-refractivity contribution in [2.24, 2.45) is 0 Å². The highest BCUT2D eigenvalue weighted by Crippen LogP contribution is 2.25. The predicted octanol–water partition coefficient (Wildman–Crippen LogP) is 2.74. The van der Waals surface area contributed by atoms with Crippen molar-refractivity contribution < 1.29 is 13.2 Å². The maximum atomic E-state index is 13.8. The zero-order valence-corrected chi connectivity index (χ0v) is 10.8. The second-order valence-corrected chi connectivity index (χ2v) is 4.74. The lowest BCUT2D eigenvalue weighted by Gasteiger charge is -2.25. The Morgan fingerprint density at radius 3 is 2.53 bits per heavy atom. The summed E-state index contributed by atoms with van der Waals surface area (Å²) >= 11 is 0. The Balaban J connectivity index is 2.65. The van der Waals surface area contributed by atoms with Crippen molar-refractivity contribution in [2.45, 2.75) is 19.4 Å². The molecule has 2 rings (SSSR count). The van der Waals surface area contributed by atoms with Crippen LogP contribution in [0.3, 0.4) is 0 Å². The van der Waals surface area contributed by atoms with E-state index in [9.17, 15) is 13.2 Å². The Hall–Kier alpha value is -1.82. The van der Waals surface area contributed by atoms with Crippen molar-refractivity contribution in [2.75, 3.05) is 7.05 Å². The van der Waals surface area contributed by atoms with Crippen LogP contribution in [0.4, 0.5) is 13.2 Å². The monoisotopic (exact) mass is 269 g/mol. The van der Waals surface area contributed by atoms with Gasteiger partial charge in [-0.15, -0.1) is 0 Å². The van der Waals surface area contributed by atoms with Gasteiger partial charge < -0.3 is 5.32 Å². The molecule has 0 aliphatic rings.